The molecule has 23 heavy (non-hydrogen) atoms. The van der Waals surface area contributed by atoms with Gasteiger partial charge in [0, 0.05) is 25.0 Å². The zero-order valence-corrected chi connectivity index (χ0v) is 13.5. The maximum absolute atomic E-state index is 10.7. The summed E-state index contributed by atoms with van der Waals surface area (Å²) >= 11 is 0. The molecule has 0 rings (SSSR count). The van der Waals surface area contributed by atoms with Crippen LogP contribution in [0.4, 0.5) is 0 Å². The number of esters is 2. The van der Waals surface area contributed by atoms with E-state index < -0.39 is 28.1 Å². The molecule has 0 radical (unpaired) electrons. The molecule has 0 aliphatic heterocycles. The fourth-order valence-corrected chi connectivity index (χ4v) is 0.900. The van der Waals surface area contributed by atoms with E-state index in [4.69, 9.17) is 10.3 Å². The van der Waals surface area contributed by atoms with Crippen molar-refractivity contribution < 1.29 is 41.3 Å². The number of ether oxygens (including phenoxy) is 2. The van der Waals surface area contributed by atoms with Crippen molar-refractivity contribution in [1.29, 1.82) is 0 Å². The first-order valence-corrected chi connectivity index (χ1v) is 7.46. The fourth-order valence-electron chi connectivity index (χ4n) is 0.900. The van der Waals surface area contributed by atoms with Gasteiger partial charge < -0.3 is 20.3 Å². The summed E-state index contributed by atoms with van der Waals surface area (Å²) in [5, 5.41) is 9.63. The SMILES string of the molecule is C=CC(=O)OCCC(N)(O)CCOC(=O)C=C.COS(=O)(=O)O. The van der Waals surface area contributed by atoms with Crippen molar-refractivity contribution >= 4 is 22.3 Å². The van der Waals surface area contributed by atoms with Crippen LogP contribution in [0.1, 0.15) is 12.8 Å². The molecule has 0 atom stereocenters. The Morgan fingerprint density at radius 3 is 1.65 bits per heavy atom. The summed E-state index contributed by atoms with van der Waals surface area (Å²) in [7, 11) is -3.29. The number of aliphatic hydroxyl groups is 1. The standard InChI is InChI=1S/C11H17NO5.CH4O4S/c1-3-9(13)16-7-5-11(12,15)6-8-17-10(14)4-2;1-5-6(2,3)4/h3-4,15H,1-2,5-8,12H2;1H3,(H,2,3,4). The predicted octanol–water partition coefficient (Wildman–Crippen LogP) is -0.692. The van der Waals surface area contributed by atoms with Crippen LogP contribution in [0.15, 0.2) is 25.3 Å². The molecule has 0 spiro atoms. The second-order valence-electron chi connectivity index (χ2n) is 3.94. The van der Waals surface area contributed by atoms with E-state index in [0.29, 0.717) is 0 Å². The largest absolute Gasteiger partial charge is 0.462 e. The van der Waals surface area contributed by atoms with Crippen molar-refractivity contribution in [2.24, 2.45) is 5.73 Å². The molecule has 0 saturated heterocycles. The molecule has 134 valence electrons. The Hall–Kier alpha value is -1.79. The Bertz CT molecular complexity index is 471. The molecule has 11 heteroatoms. The van der Waals surface area contributed by atoms with Crippen LogP contribution in [0.5, 0.6) is 0 Å². The van der Waals surface area contributed by atoms with Crippen LogP contribution in [0.3, 0.4) is 0 Å². The van der Waals surface area contributed by atoms with Gasteiger partial charge in [0.15, 0.2) is 0 Å². The van der Waals surface area contributed by atoms with Crippen molar-refractivity contribution in [3.8, 4) is 0 Å². The highest BCUT2D eigenvalue weighted by Crippen LogP contribution is 2.08. The van der Waals surface area contributed by atoms with E-state index in [0.717, 1.165) is 19.3 Å². The Labute approximate surface area is 134 Å². The first-order chi connectivity index (χ1) is 10.5. The van der Waals surface area contributed by atoms with Crippen molar-refractivity contribution in [3.63, 3.8) is 0 Å². The molecule has 4 N–H and O–H groups in total. The van der Waals surface area contributed by atoms with Gasteiger partial charge in [0.05, 0.1) is 20.3 Å². The number of rotatable bonds is 9. The van der Waals surface area contributed by atoms with E-state index in [1.54, 1.807) is 0 Å². The summed E-state index contributed by atoms with van der Waals surface area (Å²) in [6.45, 7) is 6.37. The quantitative estimate of drug-likeness (QED) is 0.209. The highest BCUT2D eigenvalue weighted by atomic mass is 32.3. The van der Waals surface area contributed by atoms with Crippen LogP contribution in [0, 0.1) is 0 Å². The summed E-state index contributed by atoms with van der Waals surface area (Å²) in [4.78, 5) is 21.4. The van der Waals surface area contributed by atoms with E-state index >= 15 is 0 Å². The summed E-state index contributed by atoms with van der Waals surface area (Å²) in [6.07, 6.45) is 2.11. The molecule has 0 aromatic heterocycles. The first-order valence-electron chi connectivity index (χ1n) is 6.10. The Morgan fingerprint density at radius 2 is 1.43 bits per heavy atom. The third-order valence-electron chi connectivity index (χ3n) is 2.10. The van der Waals surface area contributed by atoms with Gasteiger partial charge in [0.25, 0.3) is 0 Å². The number of carbonyl (C=O) groups excluding carboxylic acids is 2. The fraction of sp³-hybridized carbons (Fsp3) is 0.500. The van der Waals surface area contributed by atoms with E-state index in [9.17, 15) is 23.1 Å². The lowest BCUT2D eigenvalue weighted by Crippen LogP contribution is -2.42. The molecule has 0 aliphatic rings. The normalized spacial score (nSPS) is 10.8. The Balaban J connectivity index is 0. The van der Waals surface area contributed by atoms with Gasteiger partial charge in [-0.1, -0.05) is 13.2 Å². The van der Waals surface area contributed by atoms with Gasteiger partial charge in [0.2, 0.25) is 0 Å². The first kappa shape index (κ1) is 23.5. The van der Waals surface area contributed by atoms with Crippen molar-refractivity contribution in [2.75, 3.05) is 20.3 Å². The van der Waals surface area contributed by atoms with Crippen LogP contribution >= 0.6 is 0 Å². The summed E-state index contributed by atoms with van der Waals surface area (Å²) in [6, 6.07) is 0. The van der Waals surface area contributed by atoms with Gasteiger partial charge >= 0.3 is 22.3 Å². The number of carbonyl (C=O) groups is 2. The minimum absolute atomic E-state index is 0.0345. The minimum Gasteiger partial charge on any atom is -0.462 e. The van der Waals surface area contributed by atoms with Gasteiger partial charge in [0.1, 0.15) is 5.72 Å². The van der Waals surface area contributed by atoms with Gasteiger partial charge in [-0.15, -0.1) is 0 Å². The predicted molar refractivity (Wildman–Crippen MR) is 79.2 cm³/mol. The minimum atomic E-state index is -4.16. The number of hydrogen-bond acceptors (Lipinski definition) is 9. The molecule has 0 saturated carbocycles. The lowest BCUT2D eigenvalue weighted by Gasteiger charge is -2.22. The maximum atomic E-state index is 10.7. The molecule has 0 bridgehead atoms. The van der Waals surface area contributed by atoms with Crippen LogP contribution in [-0.4, -0.2) is 56.1 Å². The monoisotopic (exact) mass is 355 g/mol. The topological polar surface area (TPSA) is 162 Å². The second-order valence-corrected chi connectivity index (χ2v) is 5.13. The van der Waals surface area contributed by atoms with Crippen LogP contribution in [0.25, 0.3) is 0 Å². The molecule has 0 aliphatic carbocycles. The molecule has 10 nitrogen and oxygen atoms in total. The summed E-state index contributed by atoms with van der Waals surface area (Å²) < 4.78 is 39.0. The average Bonchev–Trinajstić information content (AvgIpc) is 2.46. The molecule has 0 unspecified atom stereocenters. The lowest BCUT2D eigenvalue weighted by molar-refractivity contribution is -0.140. The molecule has 0 aromatic carbocycles. The maximum Gasteiger partial charge on any atom is 0.397 e. The highest BCUT2D eigenvalue weighted by Gasteiger charge is 2.21. The molecule has 0 amide bonds. The molecular formula is C12H21NO9S. The third-order valence-corrected chi connectivity index (χ3v) is 2.52. The summed E-state index contributed by atoms with van der Waals surface area (Å²) in [5.41, 5.74) is 3.94. The molecule has 0 fully saturated rings. The van der Waals surface area contributed by atoms with Gasteiger partial charge in [-0.2, -0.15) is 8.42 Å². The molecule has 0 aromatic rings. The average molecular weight is 355 g/mol. The van der Waals surface area contributed by atoms with Gasteiger partial charge in [-0.3, -0.25) is 8.74 Å². The highest BCUT2D eigenvalue weighted by molar-refractivity contribution is 7.80. The van der Waals surface area contributed by atoms with Gasteiger partial charge in [-0.25, -0.2) is 9.59 Å². The molecular weight excluding hydrogens is 334 g/mol. The number of nitrogens with two attached hydrogens (primary N) is 1. The van der Waals surface area contributed by atoms with E-state index in [-0.39, 0.29) is 26.1 Å². The van der Waals surface area contributed by atoms with E-state index in [2.05, 4.69) is 26.8 Å². The summed E-state index contributed by atoms with van der Waals surface area (Å²) in [5.74, 6) is -1.17. The smallest absolute Gasteiger partial charge is 0.397 e. The second kappa shape index (κ2) is 11.7. The van der Waals surface area contributed by atoms with Crippen molar-refractivity contribution in [2.45, 2.75) is 18.6 Å². The van der Waals surface area contributed by atoms with Crippen LogP contribution < -0.4 is 5.73 Å². The van der Waals surface area contributed by atoms with Crippen LogP contribution in [0.2, 0.25) is 0 Å². The number of hydrogen-bond donors (Lipinski definition) is 3. The van der Waals surface area contributed by atoms with Crippen molar-refractivity contribution in [1.82, 2.24) is 0 Å². The van der Waals surface area contributed by atoms with E-state index in [1.807, 2.05) is 0 Å². The van der Waals surface area contributed by atoms with E-state index in [1.165, 1.54) is 0 Å². The Kier molecular flexibility index (Phi) is 12.0. The third kappa shape index (κ3) is 18.2. The molecule has 0 heterocycles. The zero-order chi connectivity index (χ0) is 18.5. The van der Waals surface area contributed by atoms with Crippen LogP contribution in [-0.2, 0) is 33.6 Å². The van der Waals surface area contributed by atoms with Crippen molar-refractivity contribution in [3.05, 3.63) is 25.3 Å². The Morgan fingerprint density at radius 1 is 1.13 bits per heavy atom. The van der Waals surface area contributed by atoms with Gasteiger partial charge in [-0.05, 0) is 0 Å². The lowest BCUT2D eigenvalue weighted by atomic mass is 10.1. The zero-order valence-electron chi connectivity index (χ0n) is 12.6.